The Balaban J connectivity index is 1.47. The molecule has 0 bridgehead atoms. The zero-order valence-electron chi connectivity index (χ0n) is 23.6. The molecule has 2 amide bonds. The first-order valence-electron chi connectivity index (χ1n) is 13.6. The van der Waals surface area contributed by atoms with Gasteiger partial charge in [0.25, 0.3) is 0 Å². The van der Waals surface area contributed by atoms with Gasteiger partial charge in [-0.1, -0.05) is 61.5 Å². The molecule has 1 saturated heterocycles. The Hall–Kier alpha value is -4.13. The molecule has 0 spiro atoms. The summed E-state index contributed by atoms with van der Waals surface area (Å²) in [5.74, 6) is 0.138. The first kappa shape index (κ1) is 28.9. The van der Waals surface area contributed by atoms with Crippen molar-refractivity contribution in [1.29, 1.82) is 0 Å². The van der Waals surface area contributed by atoms with Gasteiger partial charge in [-0.2, -0.15) is 0 Å². The number of ether oxygens (including phenoxy) is 3. The number of methoxy groups -OCH3 is 2. The zero-order valence-corrected chi connectivity index (χ0v) is 23.6. The summed E-state index contributed by atoms with van der Waals surface area (Å²) in [6.07, 6.45) is 2.00. The maximum atomic E-state index is 13.5. The van der Waals surface area contributed by atoms with E-state index in [2.05, 4.69) is 0 Å². The van der Waals surface area contributed by atoms with E-state index in [1.54, 1.807) is 33.3 Å². The lowest BCUT2D eigenvalue weighted by Gasteiger charge is -2.51. The molecule has 0 saturated carbocycles. The van der Waals surface area contributed by atoms with Crippen molar-refractivity contribution in [2.45, 2.75) is 58.1 Å². The molecule has 0 N–H and O–H groups in total. The quantitative estimate of drug-likeness (QED) is 0.215. The van der Waals surface area contributed by atoms with Gasteiger partial charge in [-0.25, -0.2) is 4.79 Å². The number of carbonyl (C=O) groups excluding carboxylic acids is 3. The summed E-state index contributed by atoms with van der Waals surface area (Å²) in [5, 5.41) is 0. The van der Waals surface area contributed by atoms with Crippen molar-refractivity contribution < 1.29 is 28.6 Å². The number of hydrogen-bond acceptors (Lipinski definition) is 6. The van der Waals surface area contributed by atoms with Crippen LogP contribution in [0.15, 0.2) is 78.9 Å². The molecule has 0 radical (unpaired) electrons. The van der Waals surface area contributed by atoms with Crippen LogP contribution in [0.3, 0.4) is 0 Å². The van der Waals surface area contributed by atoms with Crippen molar-refractivity contribution in [3.8, 4) is 11.5 Å². The van der Waals surface area contributed by atoms with Crippen LogP contribution in [0, 0.1) is 5.41 Å². The number of esters is 1. The molecule has 1 aliphatic heterocycles. The summed E-state index contributed by atoms with van der Waals surface area (Å²) in [4.78, 5) is 41.5. The topological polar surface area (TPSA) is 82.1 Å². The minimum absolute atomic E-state index is 0.0396. The maximum absolute atomic E-state index is 13.5. The van der Waals surface area contributed by atoms with Crippen LogP contribution in [0.25, 0.3) is 0 Å². The normalized spacial score (nSPS) is 18.9. The van der Waals surface area contributed by atoms with Gasteiger partial charge in [0.2, 0.25) is 11.8 Å². The van der Waals surface area contributed by atoms with Crippen LogP contribution in [0.2, 0.25) is 0 Å². The minimum Gasteiger partial charge on any atom is -0.497 e. The van der Waals surface area contributed by atoms with Crippen LogP contribution in [0.4, 0.5) is 0 Å². The number of likely N-dealkylation sites (tertiary alicyclic amines) is 1. The third kappa shape index (κ3) is 6.36. The van der Waals surface area contributed by atoms with Gasteiger partial charge in [0.15, 0.2) is 6.04 Å². The molecule has 3 aromatic carbocycles. The number of amides is 2. The van der Waals surface area contributed by atoms with Gasteiger partial charge in [-0.15, -0.1) is 0 Å². The molecule has 1 fully saturated rings. The highest BCUT2D eigenvalue weighted by atomic mass is 16.5. The molecule has 7 nitrogen and oxygen atoms in total. The smallest absolute Gasteiger partial charge is 0.330 e. The molecule has 210 valence electrons. The fourth-order valence-electron chi connectivity index (χ4n) is 5.26. The highest BCUT2D eigenvalue weighted by Gasteiger charge is 2.63. The molecule has 4 rings (SSSR count). The van der Waals surface area contributed by atoms with Gasteiger partial charge >= 0.3 is 5.97 Å². The number of carbonyl (C=O) groups is 3. The second-order valence-electron chi connectivity index (χ2n) is 10.6. The largest absolute Gasteiger partial charge is 0.497 e. The number of nitrogens with zero attached hydrogens (tertiary/aromatic N) is 1. The molecule has 3 aromatic rings. The van der Waals surface area contributed by atoms with Gasteiger partial charge in [0, 0.05) is 6.42 Å². The van der Waals surface area contributed by atoms with Crippen molar-refractivity contribution in [2.24, 2.45) is 5.41 Å². The Bertz CT molecular complexity index is 1310. The number of imide groups is 1. The molecule has 3 atom stereocenters. The third-order valence-electron chi connectivity index (χ3n) is 7.77. The number of rotatable bonds is 12. The number of hydrogen-bond donors (Lipinski definition) is 0. The van der Waals surface area contributed by atoms with Crippen molar-refractivity contribution in [3.05, 3.63) is 95.6 Å². The zero-order chi connectivity index (χ0) is 28.7. The van der Waals surface area contributed by atoms with Gasteiger partial charge in [0.05, 0.1) is 19.6 Å². The number of aryl methyl sites for hydroxylation is 1. The van der Waals surface area contributed by atoms with Crippen LogP contribution >= 0.6 is 0 Å². The van der Waals surface area contributed by atoms with Crippen molar-refractivity contribution >= 4 is 17.8 Å². The van der Waals surface area contributed by atoms with Crippen LogP contribution < -0.4 is 9.47 Å². The van der Waals surface area contributed by atoms with E-state index < -0.39 is 17.4 Å². The summed E-state index contributed by atoms with van der Waals surface area (Å²) < 4.78 is 16.1. The number of β-lactam (4-membered cyclic amide) rings is 1. The monoisotopic (exact) mass is 543 g/mol. The molecular weight excluding hydrogens is 506 g/mol. The summed E-state index contributed by atoms with van der Waals surface area (Å²) in [6.45, 7) is 3.76. The second-order valence-corrected chi connectivity index (χ2v) is 10.6. The average molecular weight is 544 g/mol. The predicted molar refractivity (Wildman–Crippen MR) is 152 cm³/mol. The fraction of sp³-hybridized carbons (Fsp3) is 0.364. The van der Waals surface area contributed by atoms with Gasteiger partial charge in [0.1, 0.15) is 18.1 Å². The van der Waals surface area contributed by atoms with Crippen LogP contribution in [-0.2, 0) is 32.1 Å². The lowest BCUT2D eigenvalue weighted by Crippen LogP contribution is -2.72. The number of benzene rings is 3. The van der Waals surface area contributed by atoms with E-state index in [0.29, 0.717) is 18.6 Å². The van der Waals surface area contributed by atoms with E-state index in [1.807, 2.05) is 73.7 Å². The fourth-order valence-corrected chi connectivity index (χ4v) is 5.26. The lowest BCUT2D eigenvalue weighted by molar-refractivity contribution is -0.191. The van der Waals surface area contributed by atoms with E-state index in [0.717, 1.165) is 33.8 Å². The van der Waals surface area contributed by atoms with Crippen molar-refractivity contribution in [1.82, 2.24) is 4.90 Å². The SMILES string of the molecule is COc1ccc(CCC[C@@]2(C)C(=O)N(C(=O)C[C@H](C)c3ccccc3)[C@@H]2C(=O)OCc2ccc(OC)cc2)cc1. The highest BCUT2D eigenvalue weighted by molar-refractivity contribution is 6.10. The highest BCUT2D eigenvalue weighted by Crippen LogP contribution is 2.45. The second kappa shape index (κ2) is 12.8. The van der Waals surface area contributed by atoms with Gasteiger partial charge in [-0.3, -0.25) is 14.5 Å². The maximum Gasteiger partial charge on any atom is 0.330 e. The van der Waals surface area contributed by atoms with E-state index in [9.17, 15) is 14.4 Å². The Labute approximate surface area is 236 Å². The first-order valence-corrected chi connectivity index (χ1v) is 13.6. The first-order chi connectivity index (χ1) is 19.3. The van der Waals surface area contributed by atoms with E-state index >= 15 is 0 Å². The van der Waals surface area contributed by atoms with Crippen LogP contribution in [-0.4, -0.2) is 42.9 Å². The standard InChI is InChI=1S/C33H37NO6/c1-23(26-10-6-5-7-11-26)21-29(35)34-30(31(36)40-22-25-14-18-28(39-4)19-15-25)33(2,32(34)37)20-8-9-24-12-16-27(38-3)17-13-24/h5-7,10-19,23,30H,8-9,20-22H2,1-4H3/t23-,30+,33+/m0/s1. The van der Waals surface area contributed by atoms with E-state index in [-0.39, 0.29) is 30.8 Å². The van der Waals surface area contributed by atoms with Crippen molar-refractivity contribution in [2.75, 3.05) is 14.2 Å². The lowest BCUT2D eigenvalue weighted by atomic mass is 9.68. The Morgan fingerprint density at radius 1 is 0.875 bits per heavy atom. The Morgan fingerprint density at radius 3 is 2.02 bits per heavy atom. The summed E-state index contributed by atoms with van der Waals surface area (Å²) in [7, 11) is 3.21. The third-order valence-corrected chi connectivity index (χ3v) is 7.77. The van der Waals surface area contributed by atoms with Crippen molar-refractivity contribution in [3.63, 3.8) is 0 Å². The molecular formula is C33H37NO6. The van der Waals surface area contributed by atoms with E-state index in [1.165, 1.54) is 0 Å². The minimum atomic E-state index is -1.02. The molecule has 40 heavy (non-hydrogen) atoms. The van der Waals surface area contributed by atoms with Gasteiger partial charge < -0.3 is 14.2 Å². The Morgan fingerprint density at radius 2 is 1.45 bits per heavy atom. The van der Waals surface area contributed by atoms with Gasteiger partial charge in [-0.05, 0) is 73.1 Å². The van der Waals surface area contributed by atoms with Crippen LogP contribution in [0.1, 0.15) is 55.7 Å². The molecule has 1 heterocycles. The van der Waals surface area contributed by atoms with Crippen LogP contribution in [0.5, 0.6) is 11.5 Å². The molecule has 0 aromatic heterocycles. The Kier molecular flexibility index (Phi) is 9.25. The van der Waals surface area contributed by atoms with E-state index in [4.69, 9.17) is 14.2 Å². The average Bonchev–Trinajstić information content (AvgIpc) is 2.99. The molecule has 7 heteroatoms. The summed E-state index contributed by atoms with van der Waals surface area (Å²) >= 11 is 0. The molecule has 1 aliphatic rings. The molecule has 0 unspecified atom stereocenters. The summed E-state index contributed by atoms with van der Waals surface area (Å²) in [6, 6.07) is 23.7. The summed E-state index contributed by atoms with van der Waals surface area (Å²) in [5.41, 5.74) is 1.88. The predicted octanol–water partition coefficient (Wildman–Crippen LogP) is 5.71. The molecule has 0 aliphatic carbocycles.